The van der Waals surface area contributed by atoms with E-state index < -0.39 is 13.0 Å². The van der Waals surface area contributed by atoms with Gasteiger partial charge >= 0.3 is 0 Å². The Labute approximate surface area is 94.6 Å². The molecule has 0 unspecified atom stereocenters. The van der Waals surface area contributed by atoms with E-state index in [4.69, 9.17) is 11.6 Å². The monoisotopic (exact) mass is 241 g/mol. The lowest BCUT2D eigenvalue weighted by Crippen LogP contribution is -2.36. The van der Waals surface area contributed by atoms with E-state index >= 15 is 0 Å². The molecule has 2 nitrogen and oxygen atoms in total. The van der Waals surface area contributed by atoms with Gasteiger partial charge in [0.25, 0.3) is 6.43 Å². The largest absolute Gasteiger partial charge is 0.336 e. The maximum absolute atomic E-state index is 12.1. The van der Waals surface area contributed by atoms with Gasteiger partial charge in [0.2, 0.25) is 5.91 Å². The van der Waals surface area contributed by atoms with Crippen LogP contribution in [0.1, 0.15) is 32.6 Å². The lowest BCUT2D eigenvalue weighted by Gasteiger charge is -2.21. The predicted octanol–water partition coefficient (Wildman–Crippen LogP) is 2.90. The van der Waals surface area contributed by atoms with Gasteiger partial charge in [0.1, 0.15) is 0 Å². The van der Waals surface area contributed by atoms with Gasteiger partial charge in [-0.3, -0.25) is 4.79 Å². The highest BCUT2D eigenvalue weighted by Crippen LogP contribution is 2.06. The lowest BCUT2D eigenvalue weighted by atomic mass is 10.2. The van der Waals surface area contributed by atoms with Gasteiger partial charge in [0.05, 0.1) is 6.54 Å². The van der Waals surface area contributed by atoms with Crippen LogP contribution < -0.4 is 0 Å². The number of amides is 1. The van der Waals surface area contributed by atoms with Crippen molar-refractivity contribution in [2.24, 2.45) is 0 Å². The molecule has 0 aromatic heterocycles. The van der Waals surface area contributed by atoms with Crippen molar-refractivity contribution in [3.8, 4) is 0 Å². The van der Waals surface area contributed by atoms with E-state index in [2.05, 4.69) is 0 Å². The average Bonchev–Trinajstić information content (AvgIpc) is 2.17. The standard InChI is InChI=1S/C10H18ClF2NO/c1-2-3-4-5-10(15)14(7-6-11)8-9(12)13/h9H,2-8H2,1H3. The maximum atomic E-state index is 12.1. The quantitative estimate of drug-likeness (QED) is 0.473. The Balaban J connectivity index is 3.92. The number of carbonyl (C=O) groups is 1. The summed E-state index contributed by atoms with van der Waals surface area (Å²) in [4.78, 5) is 12.6. The summed E-state index contributed by atoms with van der Waals surface area (Å²) in [5.74, 6) is -0.0175. The van der Waals surface area contributed by atoms with Gasteiger partial charge in [0.15, 0.2) is 0 Å². The molecule has 0 saturated heterocycles. The van der Waals surface area contributed by atoms with Gasteiger partial charge in [-0.2, -0.15) is 0 Å². The predicted molar refractivity (Wildman–Crippen MR) is 57.4 cm³/mol. The molecule has 1 amide bonds. The maximum Gasteiger partial charge on any atom is 0.255 e. The topological polar surface area (TPSA) is 20.3 Å². The third-order valence-electron chi connectivity index (χ3n) is 2.06. The number of halogens is 3. The highest BCUT2D eigenvalue weighted by molar-refractivity contribution is 6.18. The summed E-state index contributed by atoms with van der Waals surface area (Å²) in [7, 11) is 0. The van der Waals surface area contributed by atoms with Crippen molar-refractivity contribution in [2.45, 2.75) is 39.0 Å². The van der Waals surface area contributed by atoms with E-state index in [9.17, 15) is 13.6 Å². The van der Waals surface area contributed by atoms with E-state index in [1.807, 2.05) is 6.92 Å². The molecule has 0 fully saturated rings. The Morgan fingerprint density at radius 1 is 1.40 bits per heavy atom. The molecule has 90 valence electrons. The molecule has 0 N–H and O–H groups in total. The first-order valence-corrected chi connectivity index (χ1v) is 5.77. The minimum absolute atomic E-state index is 0.201. The van der Waals surface area contributed by atoms with Crippen molar-refractivity contribution < 1.29 is 13.6 Å². The number of alkyl halides is 3. The average molecular weight is 242 g/mol. The molecule has 0 atom stereocenters. The second kappa shape index (κ2) is 8.89. The van der Waals surface area contributed by atoms with Crippen LogP contribution in [0.5, 0.6) is 0 Å². The number of unbranched alkanes of at least 4 members (excludes halogenated alkanes) is 2. The number of nitrogens with zero attached hydrogens (tertiary/aromatic N) is 1. The van der Waals surface area contributed by atoms with Gasteiger partial charge in [0, 0.05) is 18.8 Å². The minimum atomic E-state index is -2.48. The third kappa shape index (κ3) is 7.54. The first kappa shape index (κ1) is 14.6. The van der Waals surface area contributed by atoms with Crippen LogP contribution in [-0.2, 0) is 4.79 Å². The Kier molecular flexibility index (Phi) is 8.67. The van der Waals surface area contributed by atoms with Crippen molar-refractivity contribution in [2.75, 3.05) is 19.0 Å². The summed E-state index contributed by atoms with van der Waals surface area (Å²) in [6, 6.07) is 0. The van der Waals surface area contributed by atoms with E-state index in [-0.39, 0.29) is 18.3 Å². The minimum Gasteiger partial charge on any atom is -0.336 e. The Bertz CT molecular complexity index is 179. The molecular weight excluding hydrogens is 224 g/mol. The van der Waals surface area contributed by atoms with Crippen LogP contribution in [0.2, 0.25) is 0 Å². The zero-order chi connectivity index (χ0) is 11.7. The fourth-order valence-corrected chi connectivity index (χ4v) is 1.47. The molecule has 0 rings (SSSR count). The SMILES string of the molecule is CCCCCC(=O)N(CCCl)CC(F)F. The molecule has 0 radical (unpaired) electrons. The fraction of sp³-hybridized carbons (Fsp3) is 0.900. The normalized spacial score (nSPS) is 10.7. The molecule has 0 aromatic carbocycles. The van der Waals surface area contributed by atoms with E-state index in [0.717, 1.165) is 24.2 Å². The van der Waals surface area contributed by atoms with E-state index in [1.54, 1.807) is 0 Å². The molecule has 0 saturated carbocycles. The van der Waals surface area contributed by atoms with Crippen LogP contribution in [0, 0.1) is 0 Å². The Morgan fingerprint density at radius 2 is 2.07 bits per heavy atom. The van der Waals surface area contributed by atoms with E-state index in [1.165, 1.54) is 0 Å². The molecule has 0 spiro atoms. The highest BCUT2D eigenvalue weighted by Gasteiger charge is 2.16. The molecule has 0 aliphatic heterocycles. The van der Waals surface area contributed by atoms with Crippen LogP contribution in [-0.4, -0.2) is 36.2 Å². The van der Waals surface area contributed by atoms with Crippen LogP contribution in [0.4, 0.5) is 8.78 Å². The highest BCUT2D eigenvalue weighted by atomic mass is 35.5. The van der Waals surface area contributed by atoms with Gasteiger partial charge in [-0.15, -0.1) is 11.6 Å². The first-order valence-electron chi connectivity index (χ1n) is 5.23. The third-order valence-corrected chi connectivity index (χ3v) is 2.23. The zero-order valence-corrected chi connectivity index (χ0v) is 9.77. The molecule has 0 aliphatic carbocycles. The van der Waals surface area contributed by atoms with E-state index in [0.29, 0.717) is 6.42 Å². The van der Waals surface area contributed by atoms with Crippen LogP contribution in [0.25, 0.3) is 0 Å². The van der Waals surface area contributed by atoms with Crippen LogP contribution in [0.3, 0.4) is 0 Å². The fourth-order valence-electron chi connectivity index (χ4n) is 1.27. The molecule has 0 bridgehead atoms. The summed E-state index contributed by atoms with van der Waals surface area (Å²) in [5, 5.41) is 0. The smallest absolute Gasteiger partial charge is 0.255 e. The summed E-state index contributed by atoms with van der Waals surface area (Å²) in [5.41, 5.74) is 0. The molecule has 0 aliphatic rings. The van der Waals surface area contributed by atoms with Crippen LogP contribution >= 0.6 is 11.6 Å². The van der Waals surface area contributed by atoms with Gasteiger partial charge < -0.3 is 4.90 Å². The number of carbonyl (C=O) groups excluding carboxylic acids is 1. The number of rotatable bonds is 8. The van der Waals surface area contributed by atoms with Crippen molar-refractivity contribution >= 4 is 17.5 Å². The van der Waals surface area contributed by atoms with Crippen LogP contribution in [0.15, 0.2) is 0 Å². The van der Waals surface area contributed by atoms with Crippen molar-refractivity contribution in [1.29, 1.82) is 0 Å². The molecule has 0 aromatic rings. The second-order valence-electron chi connectivity index (χ2n) is 3.38. The van der Waals surface area contributed by atoms with Crippen molar-refractivity contribution in [3.63, 3.8) is 0 Å². The van der Waals surface area contributed by atoms with Gasteiger partial charge in [-0.1, -0.05) is 19.8 Å². The molecule has 15 heavy (non-hydrogen) atoms. The molecule has 5 heteroatoms. The second-order valence-corrected chi connectivity index (χ2v) is 3.75. The van der Waals surface area contributed by atoms with Crippen molar-refractivity contribution in [3.05, 3.63) is 0 Å². The zero-order valence-electron chi connectivity index (χ0n) is 9.02. The molecule has 0 heterocycles. The molecular formula is C10H18ClF2NO. The Hall–Kier alpha value is -0.380. The van der Waals surface area contributed by atoms with Crippen molar-refractivity contribution in [1.82, 2.24) is 4.90 Å². The summed E-state index contributed by atoms with van der Waals surface area (Å²) >= 11 is 5.45. The van der Waals surface area contributed by atoms with Gasteiger partial charge in [-0.05, 0) is 6.42 Å². The summed E-state index contributed by atoms with van der Waals surface area (Å²) < 4.78 is 24.2. The van der Waals surface area contributed by atoms with Gasteiger partial charge in [-0.25, -0.2) is 8.78 Å². The lowest BCUT2D eigenvalue weighted by molar-refractivity contribution is -0.133. The number of hydrogen-bond donors (Lipinski definition) is 0. The Morgan fingerprint density at radius 3 is 2.53 bits per heavy atom. The summed E-state index contributed by atoms with van der Waals surface area (Å²) in [6.45, 7) is 1.73. The first-order chi connectivity index (χ1) is 7.11. The summed E-state index contributed by atoms with van der Waals surface area (Å²) in [6.07, 6.45) is 0.588. The number of hydrogen-bond acceptors (Lipinski definition) is 1.